The van der Waals surface area contributed by atoms with E-state index in [-0.39, 0.29) is 24.3 Å². The molecule has 1 aliphatic heterocycles. The number of hydrogen-bond acceptors (Lipinski definition) is 3. The van der Waals surface area contributed by atoms with Crippen LogP contribution in [0.2, 0.25) is 0 Å². The second-order valence-corrected chi connectivity index (χ2v) is 6.52. The Morgan fingerprint density at radius 3 is 2.68 bits per heavy atom. The molecule has 2 aromatic rings. The Morgan fingerprint density at radius 2 is 2.00 bits per heavy atom. The molecule has 2 N–H and O–H groups in total. The first kappa shape index (κ1) is 14.9. The fraction of sp³-hybridized carbons (Fsp3) is 0.294. The molecule has 5 heteroatoms. The van der Waals surface area contributed by atoms with E-state index in [1.54, 1.807) is 23.5 Å². The molecule has 0 radical (unpaired) electrons. The molecule has 4 nitrogen and oxygen atoms in total. The summed E-state index contributed by atoms with van der Waals surface area (Å²) < 4.78 is 0. The lowest BCUT2D eigenvalue weighted by Gasteiger charge is -2.13. The van der Waals surface area contributed by atoms with E-state index in [0.717, 1.165) is 13.0 Å². The maximum atomic E-state index is 12.5. The van der Waals surface area contributed by atoms with E-state index in [1.165, 1.54) is 15.3 Å². The van der Waals surface area contributed by atoms with Crippen LogP contribution >= 0.6 is 11.3 Å². The fourth-order valence-electron chi connectivity index (χ4n) is 2.76. The standard InChI is InChI=1S/C17H18N2O2S/c1-12-8-10-22-15(12)7-9-18-14-11-16(20)19(17(14)21)13-5-3-2-4-6-13/h2-6,8,10,14,18H,7,9,11H2,1H3/p+1/t14-/m1/s1. The molecule has 0 aliphatic carbocycles. The molecular weight excluding hydrogens is 296 g/mol. The molecule has 0 bridgehead atoms. The van der Waals surface area contributed by atoms with Crippen molar-refractivity contribution in [1.82, 2.24) is 0 Å². The van der Waals surface area contributed by atoms with Crippen molar-refractivity contribution >= 4 is 28.8 Å². The molecule has 1 saturated heterocycles. The first-order valence-electron chi connectivity index (χ1n) is 7.45. The number of carbonyl (C=O) groups excluding carboxylic acids is 2. The zero-order valence-corrected chi connectivity index (χ0v) is 13.3. The van der Waals surface area contributed by atoms with Crippen molar-refractivity contribution in [2.24, 2.45) is 0 Å². The average Bonchev–Trinajstić information content (AvgIpc) is 3.04. The first-order chi connectivity index (χ1) is 10.7. The van der Waals surface area contributed by atoms with E-state index in [4.69, 9.17) is 0 Å². The molecular formula is C17H19N2O2S+. The first-order valence-corrected chi connectivity index (χ1v) is 8.33. The number of thiophene rings is 1. The van der Waals surface area contributed by atoms with E-state index in [1.807, 2.05) is 23.5 Å². The number of rotatable bonds is 5. The van der Waals surface area contributed by atoms with Gasteiger partial charge in [-0.05, 0) is 36.1 Å². The third-order valence-electron chi connectivity index (χ3n) is 3.99. The summed E-state index contributed by atoms with van der Waals surface area (Å²) in [6.07, 6.45) is 1.23. The third kappa shape index (κ3) is 2.96. The van der Waals surface area contributed by atoms with Crippen LogP contribution in [0.15, 0.2) is 41.8 Å². The second kappa shape index (κ2) is 6.42. The van der Waals surface area contributed by atoms with Gasteiger partial charge < -0.3 is 5.32 Å². The van der Waals surface area contributed by atoms with Crippen molar-refractivity contribution in [1.29, 1.82) is 0 Å². The van der Waals surface area contributed by atoms with Crippen molar-refractivity contribution < 1.29 is 14.9 Å². The van der Waals surface area contributed by atoms with Crippen LogP contribution < -0.4 is 10.2 Å². The van der Waals surface area contributed by atoms with Crippen LogP contribution in [0.25, 0.3) is 0 Å². The highest BCUT2D eigenvalue weighted by Gasteiger charge is 2.41. The van der Waals surface area contributed by atoms with Gasteiger partial charge in [0.25, 0.3) is 5.91 Å². The molecule has 1 atom stereocenters. The molecule has 0 saturated carbocycles. The number of imide groups is 1. The Labute approximate surface area is 133 Å². The van der Waals surface area contributed by atoms with Gasteiger partial charge in [-0.1, -0.05) is 18.2 Å². The molecule has 1 aliphatic rings. The number of benzene rings is 1. The van der Waals surface area contributed by atoms with Crippen molar-refractivity contribution in [3.05, 3.63) is 52.2 Å². The summed E-state index contributed by atoms with van der Waals surface area (Å²) >= 11 is 1.75. The topological polar surface area (TPSA) is 54.0 Å². The van der Waals surface area contributed by atoms with Gasteiger partial charge in [-0.3, -0.25) is 9.59 Å². The number of para-hydroxylation sites is 1. The van der Waals surface area contributed by atoms with Crippen molar-refractivity contribution in [3.8, 4) is 0 Å². The molecule has 1 aromatic carbocycles. The minimum atomic E-state index is -0.284. The van der Waals surface area contributed by atoms with E-state index < -0.39 is 0 Å². The van der Waals surface area contributed by atoms with Gasteiger partial charge in [0.2, 0.25) is 5.91 Å². The molecule has 2 heterocycles. The number of nitrogens with two attached hydrogens (primary N) is 1. The van der Waals surface area contributed by atoms with Gasteiger partial charge in [-0.2, -0.15) is 0 Å². The Hall–Kier alpha value is -1.98. The number of quaternary nitrogens is 1. The summed E-state index contributed by atoms with van der Waals surface area (Å²) in [7, 11) is 0. The third-order valence-corrected chi connectivity index (χ3v) is 5.07. The SMILES string of the molecule is Cc1ccsc1CC[NH2+][C@@H]1CC(=O)N(c2ccccc2)C1=O. The number of hydrogen-bond donors (Lipinski definition) is 1. The van der Waals surface area contributed by atoms with Crippen molar-refractivity contribution in [2.75, 3.05) is 11.4 Å². The predicted molar refractivity (Wildman–Crippen MR) is 86.9 cm³/mol. The largest absolute Gasteiger partial charge is 0.335 e. The summed E-state index contributed by atoms with van der Waals surface area (Å²) in [6, 6.07) is 11.0. The Kier molecular flexibility index (Phi) is 4.36. The summed E-state index contributed by atoms with van der Waals surface area (Å²) in [6.45, 7) is 2.93. The maximum absolute atomic E-state index is 12.5. The minimum Gasteiger partial charge on any atom is -0.335 e. The van der Waals surface area contributed by atoms with Gasteiger partial charge in [0.05, 0.1) is 18.7 Å². The Balaban J connectivity index is 1.61. The van der Waals surface area contributed by atoms with E-state index in [2.05, 4.69) is 18.4 Å². The lowest BCUT2D eigenvalue weighted by atomic mass is 10.2. The number of anilines is 1. The highest BCUT2D eigenvalue weighted by atomic mass is 32.1. The van der Waals surface area contributed by atoms with Gasteiger partial charge in [-0.15, -0.1) is 11.3 Å². The lowest BCUT2D eigenvalue weighted by Crippen LogP contribution is -2.92. The molecule has 0 unspecified atom stereocenters. The Morgan fingerprint density at radius 1 is 1.23 bits per heavy atom. The summed E-state index contributed by atoms with van der Waals surface area (Å²) in [5.74, 6) is -0.205. The minimum absolute atomic E-state index is 0.0981. The highest BCUT2D eigenvalue weighted by Crippen LogP contribution is 2.21. The number of carbonyl (C=O) groups is 2. The van der Waals surface area contributed by atoms with E-state index >= 15 is 0 Å². The molecule has 114 valence electrons. The molecule has 2 amide bonds. The molecule has 1 fully saturated rings. The van der Waals surface area contributed by atoms with Gasteiger partial charge in [0.15, 0.2) is 6.04 Å². The van der Waals surface area contributed by atoms with Crippen molar-refractivity contribution in [3.63, 3.8) is 0 Å². The normalized spacial score (nSPS) is 18.2. The second-order valence-electron chi connectivity index (χ2n) is 5.51. The number of amides is 2. The maximum Gasteiger partial charge on any atom is 0.292 e. The highest BCUT2D eigenvalue weighted by molar-refractivity contribution is 7.10. The number of nitrogens with zero attached hydrogens (tertiary/aromatic N) is 1. The predicted octanol–water partition coefficient (Wildman–Crippen LogP) is 1.49. The van der Waals surface area contributed by atoms with Gasteiger partial charge in [-0.25, -0.2) is 4.90 Å². The summed E-state index contributed by atoms with van der Waals surface area (Å²) in [4.78, 5) is 27.3. The fourth-order valence-corrected chi connectivity index (χ4v) is 3.69. The molecule has 22 heavy (non-hydrogen) atoms. The van der Waals surface area contributed by atoms with Gasteiger partial charge in [0.1, 0.15) is 0 Å². The lowest BCUT2D eigenvalue weighted by molar-refractivity contribution is -0.674. The van der Waals surface area contributed by atoms with Gasteiger partial charge >= 0.3 is 0 Å². The molecule has 1 aromatic heterocycles. The van der Waals surface area contributed by atoms with Gasteiger partial charge in [0, 0.05) is 11.3 Å². The molecule has 0 spiro atoms. The number of aryl methyl sites for hydroxylation is 1. The smallest absolute Gasteiger partial charge is 0.292 e. The van der Waals surface area contributed by atoms with Crippen LogP contribution in [0.3, 0.4) is 0 Å². The monoisotopic (exact) mass is 315 g/mol. The summed E-state index contributed by atoms with van der Waals surface area (Å²) in [5, 5.41) is 4.09. The van der Waals surface area contributed by atoms with Crippen LogP contribution in [0, 0.1) is 6.92 Å². The van der Waals surface area contributed by atoms with Crippen molar-refractivity contribution in [2.45, 2.75) is 25.8 Å². The summed E-state index contributed by atoms with van der Waals surface area (Å²) in [5.41, 5.74) is 1.97. The van der Waals surface area contributed by atoms with Crippen LogP contribution in [-0.2, 0) is 16.0 Å². The quantitative estimate of drug-likeness (QED) is 0.850. The van der Waals surface area contributed by atoms with Crippen LogP contribution in [0.1, 0.15) is 16.9 Å². The van der Waals surface area contributed by atoms with Crippen LogP contribution in [0.4, 0.5) is 5.69 Å². The zero-order chi connectivity index (χ0) is 15.5. The van der Waals surface area contributed by atoms with Crippen LogP contribution in [-0.4, -0.2) is 24.4 Å². The zero-order valence-electron chi connectivity index (χ0n) is 12.5. The van der Waals surface area contributed by atoms with Crippen LogP contribution in [0.5, 0.6) is 0 Å². The average molecular weight is 315 g/mol. The Bertz CT molecular complexity index is 681. The van der Waals surface area contributed by atoms with E-state index in [9.17, 15) is 9.59 Å². The van der Waals surface area contributed by atoms with E-state index in [0.29, 0.717) is 5.69 Å². The molecule has 3 rings (SSSR count).